The van der Waals surface area contributed by atoms with Gasteiger partial charge in [0.2, 0.25) is 6.10 Å². The number of amides is 1. The highest BCUT2D eigenvalue weighted by atomic mass is 32.2. The van der Waals surface area contributed by atoms with E-state index < -0.39 is 34.4 Å². The standard InChI is InChI=1S/C19H25NO7S/c1-13(2)9-20(14-7-8-28(23,24)12-14)18(21)11-26-19(22)17-10-25-15-5-3-4-6-16(15)27-17/h3-6,13-14,17H,7-12H2,1-2H3. The number of carbonyl (C=O) groups is 2. The fourth-order valence-electron chi connectivity index (χ4n) is 3.31. The molecule has 0 aromatic heterocycles. The maximum Gasteiger partial charge on any atom is 0.351 e. The van der Waals surface area contributed by atoms with E-state index in [4.69, 9.17) is 14.2 Å². The Morgan fingerprint density at radius 1 is 1.25 bits per heavy atom. The van der Waals surface area contributed by atoms with Gasteiger partial charge in [-0.1, -0.05) is 26.0 Å². The molecule has 28 heavy (non-hydrogen) atoms. The molecular weight excluding hydrogens is 386 g/mol. The Morgan fingerprint density at radius 3 is 2.61 bits per heavy atom. The van der Waals surface area contributed by atoms with Crippen LogP contribution < -0.4 is 9.47 Å². The van der Waals surface area contributed by atoms with Crippen molar-refractivity contribution in [2.24, 2.45) is 5.92 Å². The van der Waals surface area contributed by atoms with E-state index in [2.05, 4.69) is 0 Å². The summed E-state index contributed by atoms with van der Waals surface area (Å²) in [7, 11) is -3.12. The summed E-state index contributed by atoms with van der Waals surface area (Å²) in [4.78, 5) is 26.5. The molecule has 0 bridgehead atoms. The van der Waals surface area contributed by atoms with Crippen molar-refractivity contribution in [2.45, 2.75) is 32.4 Å². The molecule has 2 heterocycles. The second-order valence-corrected chi connectivity index (χ2v) is 9.70. The molecule has 3 rings (SSSR count). The van der Waals surface area contributed by atoms with Gasteiger partial charge >= 0.3 is 5.97 Å². The maximum absolute atomic E-state index is 12.6. The van der Waals surface area contributed by atoms with Gasteiger partial charge < -0.3 is 19.1 Å². The molecule has 0 spiro atoms. The minimum absolute atomic E-state index is 0.000609. The Morgan fingerprint density at radius 2 is 1.96 bits per heavy atom. The molecule has 1 fully saturated rings. The first kappa shape index (κ1) is 20.4. The number of hydrogen-bond acceptors (Lipinski definition) is 7. The third-order valence-electron chi connectivity index (χ3n) is 4.64. The van der Waals surface area contributed by atoms with Crippen LogP contribution in [0.1, 0.15) is 20.3 Å². The molecule has 2 aliphatic rings. The number of para-hydroxylation sites is 2. The minimum Gasteiger partial charge on any atom is -0.485 e. The molecule has 0 N–H and O–H groups in total. The Balaban J connectivity index is 1.57. The summed E-state index contributed by atoms with van der Waals surface area (Å²) in [5.74, 6) is 0.0943. The van der Waals surface area contributed by atoms with E-state index in [1.54, 1.807) is 24.3 Å². The molecular formula is C19H25NO7S. The number of esters is 1. The quantitative estimate of drug-likeness (QED) is 0.645. The predicted molar refractivity (Wildman–Crippen MR) is 101 cm³/mol. The average molecular weight is 411 g/mol. The van der Waals surface area contributed by atoms with Crippen molar-refractivity contribution in [3.63, 3.8) is 0 Å². The first-order chi connectivity index (χ1) is 13.2. The van der Waals surface area contributed by atoms with E-state index in [1.807, 2.05) is 13.8 Å². The Bertz CT molecular complexity index is 836. The van der Waals surface area contributed by atoms with Gasteiger partial charge in [0.15, 0.2) is 27.9 Å². The van der Waals surface area contributed by atoms with Gasteiger partial charge in [0, 0.05) is 12.6 Å². The summed E-state index contributed by atoms with van der Waals surface area (Å²) in [5.41, 5.74) is 0. The second kappa shape index (κ2) is 8.38. The van der Waals surface area contributed by atoms with Crippen LogP contribution in [0.15, 0.2) is 24.3 Å². The molecule has 0 saturated carbocycles. The van der Waals surface area contributed by atoms with Crippen LogP contribution in [-0.2, 0) is 24.2 Å². The summed E-state index contributed by atoms with van der Waals surface area (Å²) in [6, 6.07) is 6.61. The van der Waals surface area contributed by atoms with Crippen molar-refractivity contribution in [1.29, 1.82) is 0 Å². The zero-order valence-electron chi connectivity index (χ0n) is 16.0. The van der Waals surface area contributed by atoms with Crippen molar-refractivity contribution in [1.82, 2.24) is 4.90 Å². The van der Waals surface area contributed by atoms with Crippen molar-refractivity contribution in [2.75, 3.05) is 31.3 Å². The number of ether oxygens (including phenoxy) is 3. The van der Waals surface area contributed by atoms with Crippen molar-refractivity contribution < 1.29 is 32.2 Å². The van der Waals surface area contributed by atoms with Gasteiger partial charge in [0.1, 0.15) is 6.61 Å². The normalized spacial score (nSPS) is 22.7. The van der Waals surface area contributed by atoms with E-state index in [0.717, 1.165) is 0 Å². The van der Waals surface area contributed by atoms with Crippen LogP contribution in [0.5, 0.6) is 11.5 Å². The number of sulfone groups is 1. The zero-order chi connectivity index (χ0) is 20.3. The van der Waals surface area contributed by atoms with Crippen LogP contribution in [0.3, 0.4) is 0 Å². The first-order valence-electron chi connectivity index (χ1n) is 9.30. The lowest BCUT2D eigenvalue weighted by molar-refractivity contribution is -0.160. The molecule has 2 aliphatic heterocycles. The van der Waals surface area contributed by atoms with Crippen molar-refractivity contribution >= 4 is 21.7 Å². The molecule has 2 unspecified atom stereocenters. The Kier molecular flexibility index (Phi) is 6.12. The van der Waals surface area contributed by atoms with Gasteiger partial charge in [-0.15, -0.1) is 0 Å². The summed E-state index contributed by atoms with van der Waals surface area (Å²) < 4.78 is 39.7. The SMILES string of the molecule is CC(C)CN(C(=O)COC(=O)C1COc2ccccc2O1)C1CCS(=O)(=O)C1. The van der Waals surface area contributed by atoms with Gasteiger partial charge in [-0.2, -0.15) is 0 Å². The monoisotopic (exact) mass is 411 g/mol. The average Bonchev–Trinajstić information content (AvgIpc) is 3.02. The van der Waals surface area contributed by atoms with Crippen LogP contribution in [0, 0.1) is 5.92 Å². The number of nitrogens with zero attached hydrogens (tertiary/aromatic N) is 1. The Labute approximate surface area is 164 Å². The van der Waals surface area contributed by atoms with Crippen molar-refractivity contribution in [3.8, 4) is 11.5 Å². The van der Waals surface area contributed by atoms with Crippen LogP contribution in [0.2, 0.25) is 0 Å². The van der Waals surface area contributed by atoms with Crippen LogP contribution in [0.4, 0.5) is 0 Å². The first-order valence-corrected chi connectivity index (χ1v) is 11.1. The highest BCUT2D eigenvalue weighted by Crippen LogP contribution is 2.31. The highest BCUT2D eigenvalue weighted by Gasteiger charge is 2.36. The largest absolute Gasteiger partial charge is 0.485 e. The molecule has 154 valence electrons. The van der Waals surface area contributed by atoms with Crippen LogP contribution in [-0.4, -0.2) is 68.6 Å². The fraction of sp³-hybridized carbons (Fsp3) is 0.579. The van der Waals surface area contributed by atoms with Gasteiger partial charge in [0.25, 0.3) is 5.91 Å². The van der Waals surface area contributed by atoms with E-state index in [-0.39, 0.29) is 30.1 Å². The molecule has 9 heteroatoms. The topological polar surface area (TPSA) is 99.2 Å². The number of hydrogen-bond donors (Lipinski definition) is 0. The Hall–Kier alpha value is -2.29. The summed E-state index contributed by atoms with van der Waals surface area (Å²) in [5, 5.41) is 0. The molecule has 2 atom stereocenters. The van der Waals surface area contributed by atoms with E-state index >= 15 is 0 Å². The minimum atomic E-state index is -3.12. The van der Waals surface area contributed by atoms with Crippen LogP contribution in [0.25, 0.3) is 0 Å². The van der Waals surface area contributed by atoms with Crippen molar-refractivity contribution in [3.05, 3.63) is 24.3 Å². The molecule has 8 nitrogen and oxygen atoms in total. The molecule has 1 aromatic carbocycles. The number of rotatable bonds is 6. The predicted octanol–water partition coefficient (Wildman–Crippen LogP) is 1.04. The number of carbonyl (C=O) groups excluding carboxylic acids is 2. The van der Waals surface area contributed by atoms with Gasteiger partial charge in [-0.3, -0.25) is 4.79 Å². The summed E-state index contributed by atoms with van der Waals surface area (Å²) in [6.45, 7) is 3.85. The fourth-order valence-corrected chi connectivity index (χ4v) is 5.04. The summed E-state index contributed by atoms with van der Waals surface area (Å²) in [6.07, 6.45) is -0.543. The van der Waals surface area contributed by atoms with E-state index in [9.17, 15) is 18.0 Å². The molecule has 0 radical (unpaired) electrons. The lowest BCUT2D eigenvalue weighted by Gasteiger charge is -2.30. The van der Waals surface area contributed by atoms with Gasteiger partial charge in [-0.25, -0.2) is 13.2 Å². The molecule has 1 amide bonds. The number of benzene rings is 1. The summed E-state index contributed by atoms with van der Waals surface area (Å²) >= 11 is 0. The molecule has 0 aliphatic carbocycles. The third kappa shape index (κ3) is 4.95. The van der Waals surface area contributed by atoms with Gasteiger partial charge in [0.05, 0.1) is 11.5 Å². The zero-order valence-corrected chi connectivity index (χ0v) is 16.8. The van der Waals surface area contributed by atoms with E-state index in [1.165, 1.54) is 4.90 Å². The lowest BCUT2D eigenvalue weighted by atomic mass is 10.1. The maximum atomic E-state index is 12.6. The van der Waals surface area contributed by atoms with Crippen LogP contribution >= 0.6 is 0 Å². The third-order valence-corrected chi connectivity index (χ3v) is 6.39. The smallest absolute Gasteiger partial charge is 0.351 e. The van der Waals surface area contributed by atoms with E-state index in [0.29, 0.717) is 24.5 Å². The lowest BCUT2D eigenvalue weighted by Crippen LogP contribution is -2.46. The highest BCUT2D eigenvalue weighted by molar-refractivity contribution is 7.91. The second-order valence-electron chi connectivity index (χ2n) is 7.47. The van der Waals surface area contributed by atoms with Gasteiger partial charge in [-0.05, 0) is 24.5 Å². The molecule has 1 aromatic rings. The number of fused-ring (bicyclic) bond motifs is 1. The molecule has 1 saturated heterocycles.